The van der Waals surface area contributed by atoms with Crippen LogP contribution in [0.1, 0.15) is 18.4 Å². The van der Waals surface area contributed by atoms with E-state index < -0.39 is 17.9 Å². The zero-order chi connectivity index (χ0) is 16.4. The molecule has 2 saturated heterocycles. The van der Waals surface area contributed by atoms with E-state index in [-0.39, 0.29) is 12.8 Å². The molecule has 0 radical (unpaired) electrons. The molecule has 0 aromatic heterocycles. The molecule has 3 amide bonds. The SMILES string of the molecule is Cc1ccc(N2CCN(C(=O)ON3C(=O)CCC3=O)CC2)cc1. The highest BCUT2D eigenvalue weighted by Gasteiger charge is 2.34. The van der Waals surface area contributed by atoms with Gasteiger partial charge >= 0.3 is 6.09 Å². The summed E-state index contributed by atoms with van der Waals surface area (Å²) in [5.41, 5.74) is 2.32. The van der Waals surface area contributed by atoms with Crippen molar-refractivity contribution < 1.29 is 19.2 Å². The molecule has 0 aliphatic carbocycles. The lowest BCUT2D eigenvalue weighted by molar-refractivity contribution is -0.173. The number of benzene rings is 1. The second-order valence-corrected chi connectivity index (χ2v) is 5.75. The highest BCUT2D eigenvalue weighted by atomic mass is 16.7. The molecule has 0 bridgehead atoms. The van der Waals surface area contributed by atoms with Gasteiger partial charge < -0.3 is 14.6 Å². The lowest BCUT2D eigenvalue weighted by Crippen LogP contribution is -2.50. The summed E-state index contributed by atoms with van der Waals surface area (Å²) < 4.78 is 0. The fraction of sp³-hybridized carbons (Fsp3) is 0.438. The van der Waals surface area contributed by atoms with E-state index >= 15 is 0 Å². The van der Waals surface area contributed by atoms with Gasteiger partial charge in [-0.25, -0.2) is 4.79 Å². The smallest absolute Gasteiger partial charge is 0.368 e. The van der Waals surface area contributed by atoms with E-state index in [2.05, 4.69) is 29.2 Å². The van der Waals surface area contributed by atoms with Crippen molar-refractivity contribution in [1.29, 1.82) is 0 Å². The van der Waals surface area contributed by atoms with Crippen LogP contribution in [-0.2, 0) is 14.4 Å². The number of hydrogen-bond donors (Lipinski definition) is 0. The maximum Gasteiger partial charge on any atom is 0.434 e. The molecule has 23 heavy (non-hydrogen) atoms. The molecule has 0 N–H and O–H groups in total. The number of carbonyl (C=O) groups is 3. The van der Waals surface area contributed by atoms with Gasteiger partial charge in [0.15, 0.2) is 0 Å². The molecule has 0 unspecified atom stereocenters. The van der Waals surface area contributed by atoms with Crippen molar-refractivity contribution in [2.75, 3.05) is 31.1 Å². The van der Waals surface area contributed by atoms with Crippen molar-refractivity contribution in [3.05, 3.63) is 29.8 Å². The van der Waals surface area contributed by atoms with E-state index in [0.29, 0.717) is 31.2 Å². The number of anilines is 1. The van der Waals surface area contributed by atoms with Crippen molar-refractivity contribution in [3.63, 3.8) is 0 Å². The predicted octanol–water partition coefficient (Wildman–Crippen LogP) is 1.32. The van der Waals surface area contributed by atoms with Crippen LogP contribution in [-0.4, -0.2) is 54.0 Å². The van der Waals surface area contributed by atoms with Crippen LogP contribution >= 0.6 is 0 Å². The topological polar surface area (TPSA) is 70.2 Å². The van der Waals surface area contributed by atoms with Gasteiger partial charge in [0.05, 0.1) is 0 Å². The second-order valence-electron chi connectivity index (χ2n) is 5.75. The fourth-order valence-corrected chi connectivity index (χ4v) is 2.70. The van der Waals surface area contributed by atoms with Crippen LogP contribution in [0.5, 0.6) is 0 Å². The molecule has 122 valence electrons. The summed E-state index contributed by atoms with van der Waals surface area (Å²) >= 11 is 0. The van der Waals surface area contributed by atoms with E-state index in [9.17, 15) is 14.4 Å². The normalized spacial score (nSPS) is 18.6. The number of amides is 3. The third-order valence-corrected chi connectivity index (χ3v) is 4.11. The first kappa shape index (κ1) is 15.3. The molecule has 2 heterocycles. The Morgan fingerprint density at radius 1 is 0.957 bits per heavy atom. The van der Waals surface area contributed by atoms with Crippen LogP contribution < -0.4 is 4.90 Å². The molecule has 7 heteroatoms. The van der Waals surface area contributed by atoms with Crippen molar-refractivity contribution in [1.82, 2.24) is 9.96 Å². The van der Waals surface area contributed by atoms with Gasteiger partial charge in [0.2, 0.25) is 0 Å². The highest BCUT2D eigenvalue weighted by Crippen LogP contribution is 2.18. The summed E-state index contributed by atoms with van der Waals surface area (Å²) in [6.07, 6.45) is -0.433. The van der Waals surface area contributed by atoms with E-state index in [1.807, 2.05) is 6.92 Å². The lowest BCUT2D eigenvalue weighted by atomic mass is 10.2. The van der Waals surface area contributed by atoms with Crippen LogP contribution in [0.4, 0.5) is 10.5 Å². The van der Waals surface area contributed by atoms with Crippen molar-refractivity contribution in [2.24, 2.45) is 0 Å². The first-order valence-corrected chi connectivity index (χ1v) is 7.69. The molecule has 3 rings (SSSR count). The lowest BCUT2D eigenvalue weighted by Gasteiger charge is -2.35. The summed E-state index contributed by atoms with van der Waals surface area (Å²) in [7, 11) is 0. The summed E-state index contributed by atoms with van der Waals surface area (Å²) in [4.78, 5) is 43.7. The Balaban J connectivity index is 1.54. The molecule has 0 saturated carbocycles. The number of nitrogens with zero attached hydrogens (tertiary/aromatic N) is 3. The number of hydrogen-bond acceptors (Lipinski definition) is 5. The van der Waals surface area contributed by atoms with Gasteiger partial charge in [0.1, 0.15) is 0 Å². The van der Waals surface area contributed by atoms with Crippen LogP contribution in [0.2, 0.25) is 0 Å². The van der Waals surface area contributed by atoms with Crippen molar-refractivity contribution in [3.8, 4) is 0 Å². The van der Waals surface area contributed by atoms with Crippen LogP contribution in [0.25, 0.3) is 0 Å². The zero-order valence-electron chi connectivity index (χ0n) is 13.0. The van der Waals surface area contributed by atoms with E-state index in [0.717, 1.165) is 5.69 Å². The maximum atomic E-state index is 12.1. The third kappa shape index (κ3) is 3.28. The number of rotatable bonds is 2. The summed E-state index contributed by atoms with van der Waals surface area (Å²) in [6, 6.07) is 8.23. The minimum atomic E-state index is -0.642. The minimum Gasteiger partial charge on any atom is -0.368 e. The Morgan fingerprint density at radius 2 is 1.52 bits per heavy atom. The summed E-state index contributed by atoms with van der Waals surface area (Å²) in [5, 5.41) is 0.592. The summed E-state index contributed by atoms with van der Waals surface area (Å²) in [6.45, 7) is 4.38. The van der Waals surface area contributed by atoms with Gasteiger partial charge in [-0.05, 0) is 19.1 Å². The largest absolute Gasteiger partial charge is 0.434 e. The van der Waals surface area contributed by atoms with Gasteiger partial charge in [-0.1, -0.05) is 17.7 Å². The molecule has 2 aliphatic heterocycles. The minimum absolute atomic E-state index is 0.104. The molecule has 1 aromatic rings. The van der Waals surface area contributed by atoms with E-state index in [4.69, 9.17) is 4.84 Å². The molecule has 2 fully saturated rings. The van der Waals surface area contributed by atoms with Crippen LogP contribution in [0, 0.1) is 6.92 Å². The Hall–Kier alpha value is -2.57. The first-order valence-electron chi connectivity index (χ1n) is 7.69. The maximum absolute atomic E-state index is 12.1. The molecule has 2 aliphatic rings. The van der Waals surface area contributed by atoms with E-state index in [1.165, 1.54) is 10.5 Å². The Kier molecular flexibility index (Phi) is 4.18. The molecule has 0 atom stereocenters. The van der Waals surface area contributed by atoms with Crippen molar-refractivity contribution >= 4 is 23.6 Å². The van der Waals surface area contributed by atoms with Gasteiger partial charge in [0.25, 0.3) is 11.8 Å². The van der Waals surface area contributed by atoms with Gasteiger partial charge in [-0.2, -0.15) is 0 Å². The van der Waals surface area contributed by atoms with Crippen LogP contribution in [0.15, 0.2) is 24.3 Å². The molecule has 1 aromatic carbocycles. The average molecular weight is 317 g/mol. The number of aryl methyl sites for hydroxylation is 1. The number of piperazine rings is 1. The van der Waals surface area contributed by atoms with E-state index in [1.54, 1.807) is 0 Å². The number of hydroxylamine groups is 2. The predicted molar refractivity (Wildman–Crippen MR) is 82.5 cm³/mol. The van der Waals surface area contributed by atoms with Gasteiger partial charge in [-0.15, -0.1) is 5.06 Å². The molecular weight excluding hydrogens is 298 g/mol. The Labute approximate surface area is 134 Å². The Bertz CT molecular complexity index is 605. The van der Waals surface area contributed by atoms with Crippen LogP contribution in [0.3, 0.4) is 0 Å². The Morgan fingerprint density at radius 3 is 2.09 bits per heavy atom. The molecule has 0 spiro atoms. The van der Waals surface area contributed by atoms with Gasteiger partial charge in [-0.3, -0.25) is 9.59 Å². The van der Waals surface area contributed by atoms with Crippen molar-refractivity contribution in [2.45, 2.75) is 19.8 Å². The summed E-state index contributed by atoms with van der Waals surface area (Å²) in [5.74, 6) is -0.914. The third-order valence-electron chi connectivity index (χ3n) is 4.11. The first-order chi connectivity index (χ1) is 11.0. The monoisotopic (exact) mass is 317 g/mol. The van der Waals surface area contributed by atoms with Gasteiger partial charge in [0, 0.05) is 44.7 Å². The number of imide groups is 1. The quantitative estimate of drug-likeness (QED) is 0.769. The number of carbonyl (C=O) groups excluding carboxylic acids is 3. The highest BCUT2D eigenvalue weighted by molar-refractivity contribution is 6.01. The zero-order valence-corrected chi connectivity index (χ0v) is 13.0. The second kappa shape index (κ2) is 6.28. The molecule has 7 nitrogen and oxygen atoms in total. The average Bonchev–Trinajstić information content (AvgIpc) is 2.87. The molecular formula is C16H19N3O4. The standard InChI is InChI=1S/C16H19N3O4/c1-12-2-4-13(5-3-12)17-8-10-18(11-9-17)16(22)23-19-14(20)6-7-15(19)21/h2-5H,6-11H2,1H3. The fourth-order valence-electron chi connectivity index (χ4n) is 2.70.